The van der Waals surface area contributed by atoms with Gasteiger partial charge in [-0.25, -0.2) is 4.98 Å². The SMILES string of the molecule is Cc1oc(-c2ccc(C(=O)Nc3ccc(C(C)C)cc3)cc2)nc1CN1C(=O)c2ccccc2C1=O. The number of fused-ring (bicyclic) bond motifs is 1. The lowest BCUT2D eigenvalue weighted by molar-refractivity contribution is 0.0640. The molecule has 3 amide bonds. The zero-order valence-corrected chi connectivity index (χ0v) is 20.2. The van der Waals surface area contributed by atoms with Crippen LogP contribution in [0.25, 0.3) is 11.5 Å². The normalized spacial score (nSPS) is 12.8. The average molecular weight is 480 g/mol. The van der Waals surface area contributed by atoms with Crippen LogP contribution < -0.4 is 5.32 Å². The summed E-state index contributed by atoms with van der Waals surface area (Å²) < 4.78 is 5.82. The van der Waals surface area contributed by atoms with Gasteiger partial charge in [0.1, 0.15) is 11.5 Å². The highest BCUT2D eigenvalue weighted by Gasteiger charge is 2.36. The predicted octanol–water partition coefficient (Wildman–Crippen LogP) is 5.82. The number of benzene rings is 3. The van der Waals surface area contributed by atoms with Crippen molar-refractivity contribution in [2.24, 2.45) is 0 Å². The van der Waals surface area contributed by atoms with Crippen LogP contribution in [0.3, 0.4) is 0 Å². The molecular weight excluding hydrogens is 454 g/mol. The molecule has 180 valence electrons. The molecule has 4 aromatic rings. The maximum Gasteiger partial charge on any atom is 0.261 e. The Kier molecular flexibility index (Phi) is 5.98. The number of amides is 3. The van der Waals surface area contributed by atoms with Crippen LogP contribution in [0.15, 0.2) is 77.2 Å². The quantitative estimate of drug-likeness (QED) is 0.352. The first kappa shape index (κ1) is 23.2. The highest BCUT2D eigenvalue weighted by molar-refractivity contribution is 6.21. The summed E-state index contributed by atoms with van der Waals surface area (Å²) in [5, 5.41) is 2.91. The highest BCUT2D eigenvalue weighted by atomic mass is 16.4. The molecule has 36 heavy (non-hydrogen) atoms. The number of oxazole rings is 1. The van der Waals surface area contributed by atoms with Crippen molar-refractivity contribution in [3.8, 4) is 11.5 Å². The molecule has 1 aliphatic heterocycles. The number of rotatable bonds is 6. The van der Waals surface area contributed by atoms with E-state index in [-0.39, 0.29) is 24.3 Å². The van der Waals surface area contributed by atoms with E-state index in [0.717, 1.165) is 5.69 Å². The van der Waals surface area contributed by atoms with Gasteiger partial charge in [-0.05, 0) is 66.9 Å². The molecule has 0 spiro atoms. The Labute approximate surface area is 208 Å². The molecule has 0 atom stereocenters. The molecule has 0 unspecified atom stereocenters. The number of anilines is 1. The van der Waals surface area contributed by atoms with Crippen molar-refractivity contribution >= 4 is 23.4 Å². The van der Waals surface area contributed by atoms with Gasteiger partial charge >= 0.3 is 0 Å². The number of aryl methyl sites for hydroxylation is 1. The molecule has 0 bridgehead atoms. The summed E-state index contributed by atoms with van der Waals surface area (Å²) in [7, 11) is 0. The maximum atomic E-state index is 12.7. The molecule has 0 aliphatic carbocycles. The monoisotopic (exact) mass is 479 g/mol. The second kappa shape index (κ2) is 9.26. The minimum Gasteiger partial charge on any atom is -0.441 e. The fourth-order valence-electron chi connectivity index (χ4n) is 4.15. The van der Waals surface area contributed by atoms with Crippen molar-refractivity contribution in [1.82, 2.24) is 9.88 Å². The number of aromatic nitrogens is 1. The molecule has 5 rings (SSSR count). The molecule has 1 N–H and O–H groups in total. The molecule has 7 heteroatoms. The molecule has 1 aliphatic rings. The number of hydrogen-bond donors (Lipinski definition) is 1. The standard InChI is InChI=1S/C29H25N3O4/c1-17(2)19-12-14-22(15-13-19)30-26(33)20-8-10-21(11-9-20)27-31-25(18(3)36-27)16-32-28(34)23-6-4-5-7-24(23)29(32)35/h4-15,17H,16H2,1-3H3,(H,30,33). The van der Waals surface area contributed by atoms with E-state index < -0.39 is 0 Å². The van der Waals surface area contributed by atoms with Gasteiger partial charge in [0.05, 0.1) is 17.7 Å². The summed E-state index contributed by atoms with van der Waals surface area (Å²) in [6.07, 6.45) is 0. The summed E-state index contributed by atoms with van der Waals surface area (Å²) in [5.74, 6) is 0.411. The van der Waals surface area contributed by atoms with Crippen molar-refractivity contribution < 1.29 is 18.8 Å². The molecule has 0 saturated carbocycles. The fraction of sp³-hybridized carbons (Fsp3) is 0.172. The number of hydrogen-bond acceptors (Lipinski definition) is 5. The van der Waals surface area contributed by atoms with Crippen molar-refractivity contribution in [2.75, 3.05) is 5.32 Å². The van der Waals surface area contributed by atoms with Gasteiger partial charge in [0.2, 0.25) is 5.89 Å². The minimum absolute atomic E-state index is 0.0256. The second-order valence-corrected chi connectivity index (χ2v) is 9.07. The summed E-state index contributed by atoms with van der Waals surface area (Å²) in [5.41, 5.74) is 4.43. The zero-order valence-electron chi connectivity index (χ0n) is 20.2. The van der Waals surface area contributed by atoms with Gasteiger partial charge in [-0.3, -0.25) is 19.3 Å². The van der Waals surface area contributed by atoms with Gasteiger partial charge in [-0.2, -0.15) is 0 Å². The molecule has 2 heterocycles. The number of carbonyl (C=O) groups excluding carboxylic acids is 3. The van der Waals surface area contributed by atoms with Crippen LogP contribution >= 0.6 is 0 Å². The number of carbonyl (C=O) groups is 3. The van der Waals surface area contributed by atoms with Crippen molar-refractivity contribution in [3.05, 3.63) is 107 Å². The summed E-state index contributed by atoms with van der Waals surface area (Å²) >= 11 is 0. The maximum absolute atomic E-state index is 12.7. The third kappa shape index (κ3) is 4.31. The van der Waals surface area contributed by atoms with E-state index in [4.69, 9.17) is 4.42 Å². The first-order valence-electron chi connectivity index (χ1n) is 11.7. The van der Waals surface area contributed by atoms with Crippen LogP contribution in [0.5, 0.6) is 0 Å². The first-order valence-corrected chi connectivity index (χ1v) is 11.7. The van der Waals surface area contributed by atoms with Gasteiger partial charge < -0.3 is 9.73 Å². The zero-order chi connectivity index (χ0) is 25.4. The van der Waals surface area contributed by atoms with E-state index >= 15 is 0 Å². The van der Waals surface area contributed by atoms with E-state index in [1.54, 1.807) is 55.5 Å². The van der Waals surface area contributed by atoms with Crippen LogP contribution in [-0.2, 0) is 6.54 Å². The number of nitrogens with one attached hydrogen (secondary N) is 1. The van der Waals surface area contributed by atoms with E-state index in [2.05, 4.69) is 24.1 Å². The summed E-state index contributed by atoms with van der Waals surface area (Å²) in [6, 6.07) is 21.5. The lowest BCUT2D eigenvalue weighted by Crippen LogP contribution is -2.29. The van der Waals surface area contributed by atoms with Crippen molar-refractivity contribution in [1.29, 1.82) is 0 Å². The number of nitrogens with zero attached hydrogens (tertiary/aromatic N) is 2. The summed E-state index contributed by atoms with van der Waals surface area (Å²) in [6.45, 7) is 6.02. The van der Waals surface area contributed by atoms with Crippen LogP contribution in [0, 0.1) is 6.92 Å². The topological polar surface area (TPSA) is 92.5 Å². The third-order valence-corrected chi connectivity index (χ3v) is 6.31. The number of imide groups is 1. The van der Waals surface area contributed by atoms with Gasteiger partial charge in [0.25, 0.3) is 17.7 Å². The summed E-state index contributed by atoms with van der Waals surface area (Å²) in [4.78, 5) is 43.7. The smallest absolute Gasteiger partial charge is 0.261 e. The Bertz CT molecular complexity index is 1430. The van der Waals surface area contributed by atoms with Crippen LogP contribution in [0.2, 0.25) is 0 Å². The van der Waals surface area contributed by atoms with Gasteiger partial charge in [0, 0.05) is 16.8 Å². The first-order chi connectivity index (χ1) is 17.3. The van der Waals surface area contributed by atoms with E-state index in [1.165, 1.54) is 10.5 Å². The van der Waals surface area contributed by atoms with E-state index in [0.29, 0.717) is 45.5 Å². The Morgan fingerprint density at radius 3 is 2.11 bits per heavy atom. The van der Waals surface area contributed by atoms with Crippen molar-refractivity contribution in [3.63, 3.8) is 0 Å². The third-order valence-electron chi connectivity index (χ3n) is 6.31. The lowest BCUT2D eigenvalue weighted by Gasteiger charge is -2.11. The Morgan fingerprint density at radius 2 is 1.53 bits per heavy atom. The molecule has 3 aromatic carbocycles. The molecule has 0 radical (unpaired) electrons. The molecule has 1 aromatic heterocycles. The van der Waals surface area contributed by atoms with E-state index in [1.807, 2.05) is 24.3 Å². The van der Waals surface area contributed by atoms with Gasteiger partial charge in [-0.1, -0.05) is 38.1 Å². The Morgan fingerprint density at radius 1 is 0.917 bits per heavy atom. The van der Waals surface area contributed by atoms with E-state index in [9.17, 15) is 14.4 Å². The average Bonchev–Trinajstić information content (AvgIpc) is 3.37. The predicted molar refractivity (Wildman–Crippen MR) is 136 cm³/mol. The minimum atomic E-state index is -0.339. The van der Waals surface area contributed by atoms with Crippen molar-refractivity contribution in [2.45, 2.75) is 33.2 Å². The molecular formula is C29H25N3O4. The second-order valence-electron chi connectivity index (χ2n) is 9.07. The van der Waals surface area contributed by atoms with Gasteiger partial charge in [-0.15, -0.1) is 0 Å². The Balaban J connectivity index is 1.28. The lowest BCUT2D eigenvalue weighted by atomic mass is 10.0. The van der Waals surface area contributed by atoms with Gasteiger partial charge in [0.15, 0.2) is 0 Å². The largest absolute Gasteiger partial charge is 0.441 e. The van der Waals surface area contributed by atoms with Crippen LogP contribution in [-0.4, -0.2) is 27.6 Å². The molecule has 0 fully saturated rings. The van der Waals surface area contributed by atoms with Crippen LogP contribution in [0.1, 0.15) is 67.9 Å². The molecule has 0 saturated heterocycles. The fourth-order valence-corrected chi connectivity index (χ4v) is 4.15. The highest BCUT2D eigenvalue weighted by Crippen LogP contribution is 2.27. The molecule has 7 nitrogen and oxygen atoms in total. The van der Waals surface area contributed by atoms with Crippen LogP contribution in [0.4, 0.5) is 5.69 Å². The Hall–Kier alpha value is -4.52.